The molecule has 4 aliphatic carbocycles. The van der Waals surface area contributed by atoms with Gasteiger partial charge in [0.05, 0.1) is 6.10 Å². The molecule has 130 valence electrons. The van der Waals surface area contributed by atoms with Gasteiger partial charge in [-0.05, 0) is 74.7 Å². The zero-order chi connectivity index (χ0) is 16.9. The van der Waals surface area contributed by atoms with Crippen molar-refractivity contribution >= 4 is 11.6 Å². The number of ketones is 2. The zero-order valence-corrected chi connectivity index (χ0v) is 15.1. The molecular formula is C21H28O3. The van der Waals surface area contributed by atoms with Gasteiger partial charge in [-0.2, -0.15) is 0 Å². The molecule has 5 unspecified atom stereocenters. The topological polar surface area (TPSA) is 46.7 Å². The van der Waals surface area contributed by atoms with Crippen LogP contribution < -0.4 is 0 Å². The van der Waals surface area contributed by atoms with Gasteiger partial charge in [-0.3, -0.25) is 9.59 Å². The van der Waals surface area contributed by atoms with E-state index < -0.39 is 5.60 Å². The van der Waals surface area contributed by atoms with E-state index in [4.69, 9.17) is 4.74 Å². The highest BCUT2D eigenvalue weighted by atomic mass is 16.6. The maximum Gasteiger partial charge on any atom is 0.164 e. The number of hydrogen-bond donors (Lipinski definition) is 0. The van der Waals surface area contributed by atoms with E-state index in [1.165, 1.54) is 18.4 Å². The van der Waals surface area contributed by atoms with Gasteiger partial charge in [0, 0.05) is 11.8 Å². The number of carbonyl (C=O) groups excluding carboxylic acids is 2. The first-order valence-electron chi connectivity index (χ1n) is 9.76. The number of carbonyl (C=O) groups is 2. The van der Waals surface area contributed by atoms with Gasteiger partial charge >= 0.3 is 0 Å². The Hall–Kier alpha value is -0.960. The Morgan fingerprint density at radius 2 is 1.96 bits per heavy atom. The molecule has 1 saturated heterocycles. The molecule has 3 saturated carbocycles. The molecule has 3 heteroatoms. The summed E-state index contributed by atoms with van der Waals surface area (Å²) < 4.78 is 5.99. The normalized spacial score (nSPS) is 55.0. The minimum atomic E-state index is -0.456. The lowest BCUT2D eigenvalue weighted by Crippen LogP contribution is -2.54. The number of allylic oxidation sites excluding steroid dienone is 1. The molecule has 1 heterocycles. The van der Waals surface area contributed by atoms with E-state index in [-0.39, 0.29) is 22.7 Å². The third kappa shape index (κ3) is 1.54. The summed E-state index contributed by atoms with van der Waals surface area (Å²) in [6, 6.07) is 0. The van der Waals surface area contributed by atoms with Crippen LogP contribution in [0.4, 0.5) is 0 Å². The second-order valence-corrected chi connectivity index (χ2v) is 9.56. The number of fused-ring (bicyclic) bond motifs is 7. The minimum absolute atomic E-state index is 0.0345. The minimum Gasteiger partial charge on any atom is -0.357 e. The van der Waals surface area contributed by atoms with Crippen LogP contribution in [0, 0.1) is 28.6 Å². The standard InChI is InChI=1S/C21H28O3/c1-12(22)21-18(24-21)11-17-15-5-4-13-10-14(23)6-8-19(13,2)16(15)7-9-20(17,21)3/h10,15-18H,4-9,11H2,1-3H3/t15?,16?,17?,18-,19?,20?,21-/m1/s1. The van der Waals surface area contributed by atoms with Crippen LogP contribution in [0.3, 0.4) is 0 Å². The Kier molecular flexibility index (Phi) is 2.81. The quantitative estimate of drug-likeness (QED) is 0.687. The van der Waals surface area contributed by atoms with Crippen LogP contribution in [-0.2, 0) is 14.3 Å². The molecule has 7 atom stereocenters. The summed E-state index contributed by atoms with van der Waals surface area (Å²) in [5, 5.41) is 0. The van der Waals surface area contributed by atoms with Crippen molar-refractivity contribution in [3.05, 3.63) is 11.6 Å². The van der Waals surface area contributed by atoms with Crippen molar-refractivity contribution in [2.24, 2.45) is 28.6 Å². The molecule has 24 heavy (non-hydrogen) atoms. The molecule has 0 spiro atoms. The summed E-state index contributed by atoms with van der Waals surface area (Å²) in [6.45, 7) is 6.48. The average molecular weight is 328 g/mol. The monoisotopic (exact) mass is 328 g/mol. The molecule has 1 aliphatic heterocycles. The highest BCUT2D eigenvalue weighted by molar-refractivity contribution is 5.92. The molecule has 0 aromatic heterocycles. The van der Waals surface area contributed by atoms with Gasteiger partial charge in [-0.15, -0.1) is 0 Å². The van der Waals surface area contributed by atoms with Crippen molar-refractivity contribution in [2.45, 2.75) is 77.4 Å². The first-order chi connectivity index (χ1) is 11.3. The molecule has 5 rings (SSSR count). The SMILES string of the molecule is CC(=O)[C@@]12O[C@@H]1CC1C3CCC4=CC(=O)CCC4(C)C3CCC12C. The molecule has 4 fully saturated rings. The van der Waals surface area contributed by atoms with Crippen molar-refractivity contribution in [1.29, 1.82) is 0 Å². The average Bonchev–Trinajstić information content (AvgIpc) is 3.21. The van der Waals surface area contributed by atoms with E-state index in [0.717, 1.165) is 25.7 Å². The van der Waals surface area contributed by atoms with Crippen LogP contribution in [0.2, 0.25) is 0 Å². The van der Waals surface area contributed by atoms with E-state index in [9.17, 15) is 9.59 Å². The molecule has 0 N–H and O–H groups in total. The Morgan fingerprint density at radius 1 is 1.17 bits per heavy atom. The fourth-order valence-corrected chi connectivity index (χ4v) is 7.62. The number of hydrogen-bond acceptors (Lipinski definition) is 3. The second-order valence-electron chi connectivity index (χ2n) is 9.56. The summed E-state index contributed by atoms with van der Waals surface area (Å²) in [6.07, 6.45) is 9.53. The van der Waals surface area contributed by atoms with E-state index in [0.29, 0.717) is 30.0 Å². The molecule has 0 aromatic rings. The predicted octanol–water partition coefficient (Wildman–Crippen LogP) is 3.85. The first-order valence-corrected chi connectivity index (χ1v) is 9.76. The van der Waals surface area contributed by atoms with Crippen molar-refractivity contribution in [3.63, 3.8) is 0 Å². The Morgan fingerprint density at radius 3 is 2.71 bits per heavy atom. The maximum absolute atomic E-state index is 12.4. The summed E-state index contributed by atoms with van der Waals surface area (Å²) in [5.41, 5.74) is 1.22. The maximum atomic E-state index is 12.4. The van der Waals surface area contributed by atoms with Crippen LogP contribution >= 0.6 is 0 Å². The lowest BCUT2D eigenvalue weighted by molar-refractivity contribution is -0.136. The zero-order valence-electron chi connectivity index (χ0n) is 15.1. The van der Waals surface area contributed by atoms with Crippen molar-refractivity contribution < 1.29 is 14.3 Å². The first kappa shape index (κ1) is 15.3. The van der Waals surface area contributed by atoms with Gasteiger partial charge < -0.3 is 4.74 Å². The Balaban J connectivity index is 1.52. The van der Waals surface area contributed by atoms with Crippen LogP contribution in [0.1, 0.15) is 65.7 Å². The fourth-order valence-electron chi connectivity index (χ4n) is 7.62. The second kappa shape index (κ2) is 4.41. The molecule has 3 nitrogen and oxygen atoms in total. The summed E-state index contributed by atoms with van der Waals surface area (Å²) >= 11 is 0. The van der Waals surface area contributed by atoms with E-state index in [1.54, 1.807) is 6.92 Å². The summed E-state index contributed by atoms with van der Waals surface area (Å²) in [7, 11) is 0. The number of rotatable bonds is 1. The fraction of sp³-hybridized carbons (Fsp3) is 0.810. The highest BCUT2D eigenvalue weighted by Gasteiger charge is 2.79. The van der Waals surface area contributed by atoms with Crippen molar-refractivity contribution in [1.82, 2.24) is 0 Å². The largest absolute Gasteiger partial charge is 0.357 e. The molecule has 0 radical (unpaired) electrons. The lowest BCUT2D eigenvalue weighted by Gasteiger charge is -2.58. The van der Waals surface area contributed by atoms with Crippen molar-refractivity contribution in [3.8, 4) is 0 Å². The molecule has 0 bridgehead atoms. The lowest BCUT2D eigenvalue weighted by atomic mass is 9.46. The van der Waals surface area contributed by atoms with Crippen LogP contribution in [0.15, 0.2) is 11.6 Å². The predicted molar refractivity (Wildman–Crippen MR) is 90.4 cm³/mol. The van der Waals surface area contributed by atoms with Gasteiger partial charge in [0.25, 0.3) is 0 Å². The van der Waals surface area contributed by atoms with Gasteiger partial charge in [-0.25, -0.2) is 0 Å². The van der Waals surface area contributed by atoms with Gasteiger partial charge in [0.1, 0.15) is 0 Å². The van der Waals surface area contributed by atoms with Crippen LogP contribution in [0.5, 0.6) is 0 Å². The van der Waals surface area contributed by atoms with Gasteiger partial charge in [-0.1, -0.05) is 19.4 Å². The van der Waals surface area contributed by atoms with Gasteiger partial charge in [0.15, 0.2) is 17.2 Å². The number of ether oxygens (including phenoxy) is 1. The highest BCUT2D eigenvalue weighted by Crippen LogP contribution is 2.73. The molecular weight excluding hydrogens is 300 g/mol. The van der Waals surface area contributed by atoms with Gasteiger partial charge in [0.2, 0.25) is 0 Å². The van der Waals surface area contributed by atoms with Crippen molar-refractivity contribution in [2.75, 3.05) is 0 Å². The smallest absolute Gasteiger partial charge is 0.164 e. The Bertz CT molecular complexity index is 679. The van der Waals surface area contributed by atoms with Crippen LogP contribution in [0.25, 0.3) is 0 Å². The summed E-state index contributed by atoms with van der Waals surface area (Å²) in [5.74, 6) is 2.58. The number of Topliss-reactive ketones (excluding diaryl/α,β-unsaturated/α-hetero) is 1. The summed E-state index contributed by atoms with van der Waals surface area (Å²) in [4.78, 5) is 24.3. The Labute approximate surface area is 144 Å². The molecule has 0 amide bonds. The molecule has 0 aromatic carbocycles. The van der Waals surface area contributed by atoms with E-state index in [1.807, 2.05) is 6.08 Å². The molecule has 5 aliphatic rings. The van der Waals surface area contributed by atoms with Crippen LogP contribution in [-0.4, -0.2) is 23.3 Å². The van der Waals surface area contributed by atoms with E-state index >= 15 is 0 Å². The third-order valence-corrected chi connectivity index (χ3v) is 8.92. The third-order valence-electron chi connectivity index (χ3n) is 8.92. The van der Waals surface area contributed by atoms with E-state index in [2.05, 4.69) is 13.8 Å². The number of epoxide rings is 1.